The molecule has 3 rings (SSSR count). The van der Waals surface area contributed by atoms with E-state index in [0.717, 1.165) is 24.2 Å². The summed E-state index contributed by atoms with van der Waals surface area (Å²) in [5.74, 6) is -0.660. The van der Waals surface area contributed by atoms with Crippen LogP contribution < -0.4 is 10.2 Å². The van der Waals surface area contributed by atoms with Crippen LogP contribution in [0.5, 0.6) is 5.75 Å². The number of benzene rings is 1. The van der Waals surface area contributed by atoms with E-state index in [9.17, 15) is 14.7 Å². The Morgan fingerprint density at radius 3 is 2.93 bits per heavy atom. The molecule has 1 fully saturated rings. The molecule has 7 nitrogen and oxygen atoms in total. The van der Waals surface area contributed by atoms with E-state index >= 15 is 0 Å². The van der Waals surface area contributed by atoms with Crippen LogP contribution in [-0.4, -0.2) is 41.2 Å². The van der Waals surface area contributed by atoms with Crippen molar-refractivity contribution in [1.82, 2.24) is 4.98 Å². The van der Waals surface area contributed by atoms with Crippen LogP contribution in [0, 0.1) is 6.92 Å². The number of aryl methyl sites for hydroxylation is 1. The molecular weight excluding hydrogens is 390 g/mol. The average molecular weight is 410 g/mol. The van der Waals surface area contributed by atoms with Crippen LogP contribution in [0.15, 0.2) is 18.2 Å². The van der Waals surface area contributed by atoms with Gasteiger partial charge in [0.05, 0.1) is 24.0 Å². The Balaban J connectivity index is 1.80. The van der Waals surface area contributed by atoms with E-state index in [4.69, 9.17) is 16.3 Å². The first-order valence-electron chi connectivity index (χ1n) is 8.52. The molecule has 144 valence electrons. The molecule has 0 radical (unpaired) electrons. The third-order valence-corrected chi connectivity index (χ3v) is 5.63. The lowest BCUT2D eigenvalue weighted by atomic mass is 10.2. The lowest BCUT2D eigenvalue weighted by Gasteiger charge is -2.21. The summed E-state index contributed by atoms with van der Waals surface area (Å²) in [6.45, 7) is 4.29. The van der Waals surface area contributed by atoms with Gasteiger partial charge in [-0.25, -0.2) is 4.98 Å². The van der Waals surface area contributed by atoms with E-state index in [1.165, 1.54) is 25.1 Å². The normalized spacial score (nSPS) is 16.3. The van der Waals surface area contributed by atoms with Crippen molar-refractivity contribution in [1.29, 1.82) is 0 Å². The first-order chi connectivity index (χ1) is 12.8. The summed E-state index contributed by atoms with van der Waals surface area (Å²) in [5, 5.41) is 13.4. The Labute approximate surface area is 165 Å². The summed E-state index contributed by atoms with van der Waals surface area (Å²) in [4.78, 5) is 31.0. The zero-order valence-electron chi connectivity index (χ0n) is 15.0. The van der Waals surface area contributed by atoms with Crippen molar-refractivity contribution < 1.29 is 19.4 Å². The molecule has 1 atom stereocenters. The Morgan fingerprint density at radius 2 is 2.26 bits per heavy atom. The fraction of sp³-hybridized carbons (Fsp3) is 0.389. The Kier molecular flexibility index (Phi) is 5.98. The molecule has 2 aromatic rings. The van der Waals surface area contributed by atoms with Gasteiger partial charge in [0.2, 0.25) is 5.91 Å². The Morgan fingerprint density at radius 1 is 1.48 bits per heavy atom. The van der Waals surface area contributed by atoms with Gasteiger partial charge in [0.15, 0.2) is 5.13 Å². The molecule has 0 unspecified atom stereocenters. The molecular formula is C18H20ClN3O4S. The molecule has 9 heteroatoms. The van der Waals surface area contributed by atoms with Gasteiger partial charge in [-0.1, -0.05) is 22.9 Å². The van der Waals surface area contributed by atoms with Crippen molar-refractivity contribution in [2.45, 2.75) is 32.8 Å². The highest BCUT2D eigenvalue weighted by atomic mass is 35.5. The molecule has 2 heterocycles. The van der Waals surface area contributed by atoms with Gasteiger partial charge >= 0.3 is 0 Å². The average Bonchev–Trinajstić information content (AvgIpc) is 3.25. The molecule has 0 spiro atoms. The number of amides is 2. The van der Waals surface area contributed by atoms with E-state index in [1.54, 1.807) is 11.8 Å². The second-order valence-electron chi connectivity index (χ2n) is 6.29. The molecule has 27 heavy (non-hydrogen) atoms. The number of carbonyl (C=O) groups is 2. The molecule has 1 aliphatic heterocycles. The molecule has 0 saturated carbocycles. The quantitative estimate of drug-likeness (QED) is 0.736. The van der Waals surface area contributed by atoms with Crippen molar-refractivity contribution in [3.8, 4) is 5.75 Å². The number of aromatic hydroxyl groups is 1. The lowest BCUT2D eigenvalue weighted by molar-refractivity contribution is -0.116. The van der Waals surface area contributed by atoms with Gasteiger partial charge in [-0.2, -0.15) is 0 Å². The largest absolute Gasteiger partial charge is 0.506 e. The molecule has 1 aromatic carbocycles. The minimum atomic E-state index is -0.422. The number of hydrogen-bond acceptors (Lipinski definition) is 6. The molecule has 0 aliphatic carbocycles. The van der Waals surface area contributed by atoms with Crippen molar-refractivity contribution >= 4 is 45.6 Å². The minimum Gasteiger partial charge on any atom is -0.506 e. The number of rotatable bonds is 5. The number of thiazole rings is 1. The van der Waals surface area contributed by atoms with E-state index in [2.05, 4.69) is 10.3 Å². The highest BCUT2D eigenvalue weighted by molar-refractivity contribution is 7.17. The van der Waals surface area contributed by atoms with Crippen LogP contribution in [-0.2, 0) is 9.53 Å². The predicted molar refractivity (Wildman–Crippen MR) is 105 cm³/mol. The fourth-order valence-corrected chi connectivity index (χ4v) is 4.02. The maximum atomic E-state index is 12.6. The van der Waals surface area contributed by atoms with Gasteiger partial charge in [-0.3, -0.25) is 14.5 Å². The van der Waals surface area contributed by atoms with Crippen LogP contribution in [0.1, 0.15) is 35.1 Å². The number of nitrogens with one attached hydrogen (secondary N) is 1. The Hall–Kier alpha value is -2.16. The van der Waals surface area contributed by atoms with E-state index in [-0.39, 0.29) is 23.4 Å². The third kappa shape index (κ3) is 4.58. The number of hydrogen-bond donors (Lipinski definition) is 2. The lowest BCUT2D eigenvalue weighted by Crippen LogP contribution is -2.35. The summed E-state index contributed by atoms with van der Waals surface area (Å²) in [5.41, 5.74) is 0.720. The Bertz CT molecular complexity index is 864. The van der Waals surface area contributed by atoms with Gasteiger partial charge in [0.1, 0.15) is 10.6 Å². The zero-order valence-corrected chi connectivity index (χ0v) is 16.6. The third-order valence-electron chi connectivity index (χ3n) is 4.22. The van der Waals surface area contributed by atoms with E-state index in [1.807, 2.05) is 0 Å². The highest BCUT2D eigenvalue weighted by Gasteiger charge is 2.26. The van der Waals surface area contributed by atoms with Crippen molar-refractivity contribution in [2.24, 2.45) is 0 Å². The number of carbonyl (C=O) groups excluding carboxylic acids is 2. The monoisotopic (exact) mass is 409 g/mol. The molecule has 1 saturated heterocycles. The first-order valence-corrected chi connectivity index (χ1v) is 9.71. The first kappa shape index (κ1) is 19.6. The van der Waals surface area contributed by atoms with Crippen molar-refractivity contribution in [3.63, 3.8) is 0 Å². The summed E-state index contributed by atoms with van der Waals surface area (Å²) in [6, 6.07) is 4.39. The zero-order chi connectivity index (χ0) is 19.6. The van der Waals surface area contributed by atoms with Gasteiger partial charge in [0.25, 0.3) is 5.91 Å². The van der Waals surface area contributed by atoms with Crippen molar-refractivity contribution in [2.75, 3.05) is 23.4 Å². The number of halogens is 1. The molecule has 1 aliphatic rings. The topological polar surface area (TPSA) is 91.8 Å². The SMILES string of the molecule is CC(=O)N(C[C@H]1CCCO1)c1nc(C)c(C(=O)Nc2cc(Cl)ccc2O)s1. The standard InChI is InChI=1S/C18H20ClN3O4S/c1-10-16(17(25)21-14-8-12(19)5-6-15(14)24)27-18(20-10)22(11(2)23)9-13-4-3-7-26-13/h5-6,8,13,24H,3-4,7,9H2,1-2H3,(H,21,25)/t13-/m1/s1. The van der Waals surface area contributed by atoms with Gasteiger partial charge in [0, 0.05) is 18.6 Å². The maximum absolute atomic E-state index is 12.6. The molecule has 0 bridgehead atoms. The van der Waals surface area contributed by atoms with Crippen LogP contribution in [0.25, 0.3) is 0 Å². The van der Waals surface area contributed by atoms with E-state index in [0.29, 0.717) is 33.9 Å². The van der Waals surface area contributed by atoms with Gasteiger partial charge in [-0.15, -0.1) is 0 Å². The van der Waals surface area contributed by atoms with Crippen LogP contribution in [0.3, 0.4) is 0 Å². The molecule has 1 aromatic heterocycles. The minimum absolute atomic E-state index is 0.0150. The second kappa shape index (κ2) is 8.24. The predicted octanol–water partition coefficient (Wildman–Crippen LogP) is 3.59. The number of phenols is 1. The van der Waals surface area contributed by atoms with Crippen LogP contribution in [0.2, 0.25) is 5.02 Å². The number of phenolic OH excluding ortho intramolecular Hbond substituents is 1. The number of nitrogens with zero attached hydrogens (tertiary/aromatic N) is 2. The summed E-state index contributed by atoms with van der Waals surface area (Å²) in [6.07, 6.45) is 1.86. The maximum Gasteiger partial charge on any atom is 0.267 e. The molecule has 2 N–H and O–H groups in total. The number of anilines is 2. The van der Waals surface area contributed by atoms with Gasteiger partial charge < -0.3 is 15.2 Å². The number of aromatic nitrogens is 1. The summed E-state index contributed by atoms with van der Waals surface area (Å²) in [7, 11) is 0. The summed E-state index contributed by atoms with van der Waals surface area (Å²) < 4.78 is 5.61. The molecule has 2 amide bonds. The smallest absolute Gasteiger partial charge is 0.267 e. The van der Waals surface area contributed by atoms with Crippen molar-refractivity contribution in [3.05, 3.63) is 33.8 Å². The number of ether oxygens (including phenoxy) is 1. The van der Waals surface area contributed by atoms with Gasteiger partial charge in [-0.05, 0) is 38.0 Å². The second-order valence-corrected chi connectivity index (χ2v) is 7.71. The summed E-state index contributed by atoms with van der Waals surface area (Å²) >= 11 is 7.04. The van der Waals surface area contributed by atoms with E-state index < -0.39 is 5.91 Å². The highest BCUT2D eigenvalue weighted by Crippen LogP contribution is 2.31. The van der Waals surface area contributed by atoms with Crippen LogP contribution in [0.4, 0.5) is 10.8 Å². The fourth-order valence-electron chi connectivity index (χ4n) is 2.83. The van der Waals surface area contributed by atoms with Crippen LogP contribution >= 0.6 is 22.9 Å².